The first kappa shape index (κ1) is 21.5. The highest BCUT2D eigenvalue weighted by atomic mass is 32.1. The highest BCUT2D eigenvalue weighted by Gasteiger charge is 2.62. The molecule has 8 heteroatoms. The molecule has 0 aliphatic rings. The van der Waals surface area contributed by atoms with Gasteiger partial charge in [0.05, 0.1) is 7.11 Å². The van der Waals surface area contributed by atoms with Crippen LogP contribution in [0.2, 0.25) is 0 Å². The maximum atomic E-state index is 14.3. The second-order valence-electron chi connectivity index (χ2n) is 7.58. The fourth-order valence-electron chi connectivity index (χ4n) is 3.61. The van der Waals surface area contributed by atoms with Crippen LogP contribution in [0.25, 0.3) is 10.1 Å². The number of hydrogen-bond donors (Lipinski definition) is 1. The Labute approximate surface area is 170 Å². The molecule has 2 aromatic heterocycles. The fourth-order valence-corrected chi connectivity index (χ4v) is 4.84. The van der Waals surface area contributed by atoms with E-state index in [1.165, 1.54) is 44.6 Å². The van der Waals surface area contributed by atoms with E-state index >= 15 is 0 Å². The molecule has 2 heterocycles. The minimum Gasteiger partial charge on any atom is -0.496 e. The summed E-state index contributed by atoms with van der Waals surface area (Å²) in [5, 5.41) is 11.7. The van der Waals surface area contributed by atoms with Crippen LogP contribution in [0.5, 0.6) is 5.75 Å². The molecule has 156 valence electrons. The summed E-state index contributed by atoms with van der Waals surface area (Å²) in [5.74, 6) is -1.70. The van der Waals surface area contributed by atoms with Crippen molar-refractivity contribution in [3.63, 3.8) is 0 Å². The van der Waals surface area contributed by atoms with E-state index in [0.717, 1.165) is 17.4 Å². The molecule has 1 N–H and O–H groups in total. The second kappa shape index (κ2) is 7.25. The zero-order valence-electron chi connectivity index (χ0n) is 16.3. The second-order valence-corrected chi connectivity index (χ2v) is 8.66. The van der Waals surface area contributed by atoms with E-state index in [-0.39, 0.29) is 16.2 Å². The van der Waals surface area contributed by atoms with Gasteiger partial charge in [-0.25, -0.2) is 4.39 Å². The molecule has 0 saturated carbocycles. The number of rotatable bonds is 5. The number of halogens is 4. The van der Waals surface area contributed by atoms with Gasteiger partial charge in [-0.3, -0.25) is 4.98 Å². The Hall–Kier alpha value is -2.19. The van der Waals surface area contributed by atoms with Crippen LogP contribution in [0.1, 0.15) is 31.2 Å². The lowest BCUT2D eigenvalue weighted by Gasteiger charge is -2.44. The van der Waals surface area contributed by atoms with Crippen LogP contribution in [0.4, 0.5) is 17.6 Å². The van der Waals surface area contributed by atoms with Gasteiger partial charge in [0.15, 0.2) is 5.60 Å². The van der Waals surface area contributed by atoms with Gasteiger partial charge in [0.1, 0.15) is 11.6 Å². The van der Waals surface area contributed by atoms with Gasteiger partial charge in [-0.15, -0.1) is 11.3 Å². The summed E-state index contributed by atoms with van der Waals surface area (Å²) in [6, 6.07) is 6.62. The molecule has 0 saturated heterocycles. The average Bonchev–Trinajstić information content (AvgIpc) is 3.10. The minimum absolute atomic E-state index is 0.232. The lowest BCUT2D eigenvalue weighted by molar-refractivity contribution is -0.290. The number of thiophene rings is 1. The SMILES string of the molecule is COc1ccc(F)cc1C(C)(C)C(C)C(O)(c1cc2cnccc2s1)C(F)(F)F. The number of aliphatic hydroxyl groups is 1. The molecule has 0 amide bonds. The fraction of sp³-hybridized carbons (Fsp3) is 0.381. The van der Waals surface area contributed by atoms with Crippen molar-refractivity contribution in [2.45, 2.75) is 38.0 Å². The summed E-state index contributed by atoms with van der Waals surface area (Å²) >= 11 is 0.869. The van der Waals surface area contributed by atoms with E-state index in [9.17, 15) is 22.7 Å². The number of alkyl halides is 3. The minimum atomic E-state index is -4.96. The summed E-state index contributed by atoms with van der Waals surface area (Å²) in [4.78, 5) is 3.70. The Bertz CT molecular complexity index is 998. The van der Waals surface area contributed by atoms with Crippen LogP contribution in [0.3, 0.4) is 0 Å². The van der Waals surface area contributed by atoms with Crippen LogP contribution in [0.15, 0.2) is 42.7 Å². The van der Waals surface area contributed by atoms with Crippen LogP contribution in [-0.2, 0) is 11.0 Å². The summed E-state index contributed by atoms with van der Waals surface area (Å²) in [5.41, 5.74) is -4.19. The third-order valence-corrected chi connectivity index (χ3v) is 6.93. The monoisotopic (exact) mass is 427 g/mol. The van der Waals surface area contributed by atoms with Gasteiger partial charge in [-0.2, -0.15) is 13.2 Å². The van der Waals surface area contributed by atoms with Crippen LogP contribution in [0, 0.1) is 11.7 Å². The maximum absolute atomic E-state index is 14.3. The lowest BCUT2D eigenvalue weighted by atomic mass is 9.65. The van der Waals surface area contributed by atoms with Crippen molar-refractivity contribution >= 4 is 21.4 Å². The number of benzene rings is 1. The quantitative estimate of drug-likeness (QED) is 0.523. The predicted octanol–water partition coefficient (Wildman–Crippen LogP) is 5.81. The van der Waals surface area contributed by atoms with Gasteiger partial charge in [-0.05, 0) is 35.7 Å². The summed E-state index contributed by atoms with van der Waals surface area (Å²) in [7, 11) is 1.37. The Kier molecular flexibility index (Phi) is 5.38. The third-order valence-electron chi connectivity index (χ3n) is 5.69. The topological polar surface area (TPSA) is 42.4 Å². The van der Waals surface area contributed by atoms with Gasteiger partial charge in [0, 0.05) is 38.8 Å². The van der Waals surface area contributed by atoms with Crippen molar-refractivity contribution in [3.05, 3.63) is 59.0 Å². The van der Waals surface area contributed by atoms with Gasteiger partial charge in [-0.1, -0.05) is 20.8 Å². The summed E-state index contributed by atoms with van der Waals surface area (Å²) in [6.45, 7) is 4.40. The van der Waals surface area contributed by atoms with Crippen LogP contribution < -0.4 is 4.74 Å². The Morgan fingerprint density at radius 2 is 1.83 bits per heavy atom. The number of ether oxygens (including phenoxy) is 1. The molecular formula is C21H21F4NO2S. The Balaban J connectivity index is 2.20. The molecule has 29 heavy (non-hydrogen) atoms. The van der Waals surface area contributed by atoms with E-state index in [2.05, 4.69) is 4.98 Å². The van der Waals surface area contributed by atoms with Gasteiger partial charge in [0.2, 0.25) is 0 Å². The first-order chi connectivity index (χ1) is 13.4. The number of hydrogen-bond acceptors (Lipinski definition) is 4. The summed E-state index contributed by atoms with van der Waals surface area (Å²) in [6.07, 6.45) is -2.02. The third kappa shape index (κ3) is 3.48. The average molecular weight is 427 g/mol. The van der Waals surface area contributed by atoms with Gasteiger partial charge in [0.25, 0.3) is 0 Å². The van der Waals surface area contributed by atoms with Gasteiger partial charge >= 0.3 is 6.18 Å². The van der Waals surface area contributed by atoms with E-state index in [1.54, 1.807) is 19.9 Å². The standard InChI is InChI=1S/C21H21F4NO2S/c1-12(19(2,3)15-10-14(22)5-6-16(15)28-4)20(27,21(23,24)25)18-9-13-11-26-8-7-17(13)29-18/h5-12,27H,1-4H3. The van der Waals surface area contributed by atoms with E-state index < -0.39 is 28.9 Å². The highest BCUT2D eigenvalue weighted by Crippen LogP contribution is 2.54. The zero-order chi connectivity index (χ0) is 21.6. The number of aromatic nitrogens is 1. The first-order valence-electron chi connectivity index (χ1n) is 8.90. The van der Waals surface area contributed by atoms with Crippen molar-refractivity contribution in [1.82, 2.24) is 4.98 Å². The number of methoxy groups -OCH3 is 1. The number of nitrogens with zero attached hydrogens (tertiary/aromatic N) is 1. The van der Waals surface area contributed by atoms with Crippen molar-refractivity contribution in [1.29, 1.82) is 0 Å². The maximum Gasteiger partial charge on any atom is 0.422 e. The van der Waals surface area contributed by atoms with E-state index in [0.29, 0.717) is 10.1 Å². The molecule has 0 aliphatic carbocycles. The van der Waals surface area contributed by atoms with Crippen molar-refractivity contribution < 1.29 is 27.4 Å². The highest BCUT2D eigenvalue weighted by molar-refractivity contribution is 7.19. The van der Waals surface area contributed by atoms with Crippen molar-refractivity contribution in [2.24, 2.45) is 5.92 Å². The van der Waals surface area contributed by atoms with Crippen molar-refractivity contribution in [2.75, 3.05) is 7.11 Å². The molecule has 1 aromatic carbocycles. The molecule has 2 unspecified atom stereocenters. The van der Waals surface area contributed by atoms with Crippen LogP contribution >= 0.6 is 11.3 Å². The Morgan fingerprint density at radius 3 is 2.41 bits per heavy atom. The molecule has 3 rings (SSSR count). The molecule has 3 nitrogen and oxygen atoms in total. The largest absolute Gasteiger partial charge is 0.496 e. The normalized spacial score (nSPS) is 15.9. The molecular weight excluding hydrogens is 406 g/mol. The molecule has 0 bridgehead atoms. The smallest absolute Gasteiger partial charge is 0.422 e. The van der Waals surface area contributed by atoms with Crippen molar-refractivity contribution in [3.8, 4) is 5.75 Å². The van der Waals surface area contributed by atoms with Crippen LogP contribution in [-0.4, -0.2) is 23.4 Å². The summed E-state index contributed by atoms with van der Waals surface area (Å²) < 4.78 is 62.7. The molecule has 0 radical (unpaired) electrons. The zero-order valence-corrected chi connectivity index (χ0v) is 17.2. The Morgan fingerprint density at radius 1 is 1.14 bits per heavy atom. The molecule has 2 atom stereocenters. The predicted molar refractivity (Wildman–Crippen MR) is 105 cm³/mol. The lowest BCUT2D eigenvalue weighted by Crippen LogP contribution is -2.53. The number of fused-ring (bicyclic) bond motifs is 1. The van der Waals surface area contributed by atoms with E-state index in [4.69, 9.17) is 4.74 Å². The first-order valence-corrected chi connectivity index (χ1v) is 9.71. The van der Waals surface area contributed by atoms with E-state index in [1.807, 2.05) is 0 Å². The molecule has 0 spiro atoms. The molecule has 3 aromatic rings. The molecule has 0 aliphatic heterocycles. The number of pyridine rings is 1. The van der Waals surface area contributed by atoms with Gasteiger partial charge < -0.3 is 9.84 Å². The molecule has 0 fully saturated rings.